The average Bonchev–Trinajstić information content (AvgIpc) is 3.26. The lowest BCUT2D eigenvalue weighted by Crippen LogP contribution is -2.59. The Morgan fingerprint density at radius 3 is 1.02 bits per heavy atom. The lowest BCUT2D eigenvalue weighted by molar-refractivity contribution is 0.0119. The van der Waals surface area contributed by atoms with Gasteiger partial charge >= 0.3 is 26.4 Å². The van der Waals surface area contributed by atoms with Crippen LogP contribution < -0.4 is 0 Å². The van der Waals surface area contributed by atoms with Crippen LogP contribution in [0.2, 0.25) is 16.6 Å². The molecule has 14 atom stereocenters. The Morgan fingerprint density at radius 1 is 0.391 bits per heavy atom. The van der Waals surface area contributed by atoms with Gasteiger partial charge in [-0.1, -0.05) is 33.6 Å². The molecule has 0 aromatic carbocycles. The molecule has 1 aliphatic rings. The molecular formula is C44H94O9S8Si3. The van der Waals surface area contributed by atoms with Crippen molar-refractivity contribution in [3.8, 4) is 0 Å². The second-order valence-corrected chi connectivity index (χ2v) is 30.5. The molecule has 0 amide bonds. The largest absolute Gasteiger partial charge is 0.504 e. The molecule has 0 aromatic heterocycles. The fraction of sp³-hybridized carbons (Fsp3) is 1.00. The first kappa shape index (κ1) is 65.1. The molecule has 0 N–H and O–H groups in total. The molecule has 1 rings (SSSR count). The summed E-state index contributed by atoms with van der Waals surface area (Å²) < 4.78 is 61.6. The van der Waals surface area contributed by atoms with Crippen LogP contribution in [-0.4, -0.2) is 128 Å². The van der Waals surface area contributed by atoms with Crippen LogP contribution >= 0.6 is 101 Å². The smallest absolute Gasteiger partial charge is 0.374 e. The van der Waals surface area contributed by atoms with E-state index in [1.165, 1.54) is 0 Å². The van der Waals surface area contributed by atoms with E-state index in [0.29, 0.717) is 72.3 Å². The second-order valence-electron chi connectivity index (χ2n) is 16.9. The monoisotopic (exact) mass is 1110 g/mol. The van der Waals surface area contributed by atoms with Crippen molar-refractivity contribution in [1.82, 2.24) is 0 Å². The molecule has 1 saturated carbocycles. The normalized spacial score (nSPS) is 23.2. The molecule has 14 unspecified atom stereocenters. The summed E-state index contributed by atoms with van der Waals surface area (Å²) in [6, 6.07) is 0. The molecule has 9 nitrogen and oxygen atoms in total. The summed E-state index contributed by atoms with van der Waals surface area (Å²) in [5.74, 6) is 0.200. The van der Waals surface area contributed by atoms with E-state index < -0.39 is 26.4 Å². The van der Waals surface area contributed by atoms with Crippen molar-refractivity contribution < 1.29 is 39.8 Å². The van der Waals surface area contributed by atoms with Gasteiger partial charge in [-0.05, 0) is 125 Å². The highest BCUT2D eigenvalue weighted by Gasteiger charge is 2.62. The lowest BCUT2D eigenvalue weighted by atomic mass is 9.69. The topological polar surface area (TPSA) is 83.1 Å². The molecule has 0 aromatic rings. The van der Waals surface area contributed by atoms with E-state index in [2.05, 4.69) is 20.8 Å². The van der Waals surface area contributed by atoms with Crippen LogP contribution in [0.4, 0.5) is 0 Å². The maximum atomic E-state index is 6.91. The first-order valence-electron chi connectivity index (χ1n) is 24.6. The standard InChI is InChI=1S/C44H94O9S8Si3/c1-13-24-35(54)41(58)43(60)37(56)29-39(63(48-18-6,49-19-7)50-20-8)32-26-27-33(34(28-32)31(12)62(45-15-3,46-16-4)47-17-5)40(64(51-21-9,52-22-10)53-23-11)30-38(57)44(61)42(59)36(55)25-14-2/h31-44,54-61H,13-30H2,1-12H3. The molecule has 1 fully saturated rings. The van der Waals surface area contributed by atoms with Gasteiger partial charge in [0.2, 0.25) is 0 Å². The van der Waals surface area contributed by atoms with E-state index in [1.54, 1.807) is 0 Å². The van der Waals surface area contributed by atoms with Gasteiger partial charge in [-0.25, -0.2) is 0 Å². The highest BCUT2D eigenvalue weighted by atomic mass is 32.1. The molecule has 20 heteroatoms. The predicted molar refractivity (Wildman–Crippen MR) is 304 cm³/mol. The Balaban J connectivity index is 4.35. The minimum Gasteiger partial charge on any atom is -0.374 e. The third kappa shape index (κ3) is 18.5. The highest BCUT2D eigenvalue weighted by Crippen LogP contribution is 2.58. The van der Waals surface area contributed by atoms with Crippen LogP contribution in [0.25, 0.3) is 0 Å². The molecule has 1 aliphatic carbocycles. The summed E-state index contributed by atoms with van der Waals surface area (Å²) in [6.45, 7) is 29.1. The third-order valence-electron chi connectivity index (χ3n) is 12.7. The molecule has 0 spiro atoms. The number of rotatable bonds is 38. The molecule has 0 radical (unpaired) electrons. The van der Waals surface area contributed by atoms with Crippen LogP contribution in [0.3, 0.4) is 0 Å². The van der Waals surface area contributed by atoms with Gasteiger partial charge in [0.1, 0.15) is 0 Å². The van der Waals surface area contributed by atoms with Gasteiger partial charge in [-0.15, -0.1) is 0 Å². The van der Waals surface area contributed by atoms with Crippen molar-refractivity contribution >= 4 is 127 Å². The zero-order valence-electron chi connectivity index (χ0n) is 41.6. The Kier molecular flexibility index (Phi) is 35.1. The molecule has 64 heavy (non-hydrogen) atoms. The van der Waals surface area contributed by atoms with E-state index in [9.17, 15) is 0 Å². The number of thiol groups is 8. The van der Waals surface area contributed by atoms with Gasteiger partial charge in [0.15, 0.2) is 0 Å². The fourth-order valence-corrected chi connectivity index (χ4v) is 24.3. The first-order chi connectivity index (χ1) is 30.4. The predicted octanol–water partition coefficient (Wildman–Crippen LogP) is 12.1. The minimum absolute atomic E-state index is 0.0185. The minimum atomic E-state index is -3.43. The van der Waals surface area contributed by atoms with Crippen molar-refractivity contribution in [2.24, 2.45) is 17.8 Å². The molecule has 384 valence electrons. The van der Waals surface area contributed by atoms with Gasteiger partial charge in [-0.3, -0.25) is 0 Å². The molecule has 0 saturated heterocycles. The number of hydrogen-bond acceptors (Lipinski definition) is 17. The Labute approximate surface area is 440 Å². The van der Waals surface area contributed by atoms with Gasteiger partial charge in [-0.2, -0.15) is 101 Å². The van der Waals surface area contributed by atoms with Gasteiger partial charge in [0, 0.05) is 118 Å². The van der Waals surface area contributed by atoms with Crippen molar-refractivity contribution in [1.29, 1.82) is 0 Å². The number of hydrogen-bond donors (Lipinski definition) is 8. The summed E-state index contributed by atoms with van der Waals surface area (Å²) in [7, 11) is -10.1. The maximum Gasteiger partial charge on any atom is 0.504 e. The highest BCUT2D eigenvalue weighted by molar-refractivity contribution is 7.89. The SMILES string of the molecule is CCCC(S)C(S)C(S)C(S)CC(C1CCC(C(CC(S)C(S)C(S)C(S)CCC)[Si](OCC)(OCC)OCC)C(C(C)[Si](OCC)(OCC)OCC)C1)[Si](OCC)(OCC)OCC. The zero-order chi connectivity index (χ0) is 48.7. The Morgan fingerprint density at radius 2 is 0.688 bits per heavy atom. The van der Waals surface area contributed by atoms with Crippen LogP contribution in [0.1, 0.15) is 141 Å². The van der Waals surface area contributed by atoms with E-state index in [1.807, 2.05) is 62.3 Å². The summed E-state index contributed by atoms with van der Waals surface area (Å²) in [5.41, 5.74) is -0.337. The van der Waals surface area contributed by atoms with Crippen molar-refractivity contribution in [2.45, 2.75) is 199 Å². The van der Waals surface area contributed by atoms with Gasteiger partial charge < -0.3 is 39.8 Å². The van der Waals surface area contributed by atoms with Gasteiger partial charge in [0.05, 0.1) is 0 Å². The van der Waals surface area contributed by atoms with Gasteiger partial charge in [0.25, 0.3) is 0 Å². The zero-order valence-corrected chi connectivity index (χ0v) is 51.7. The summed E-state index contributed by atoms with van der Waals surface area (Å²) in [4.78, 5) is 0. The first-order valence-corrected chi connectivity index (χ1v) is 34.2. The molecule has 0 bridgehead atoms. The lowest BCUT2D eigenvalue weighted by Gasteiger charge is -2.52. The maximum absolute atomic E-state index is 6.91. The van der Waals surface area contributed by atoms with Crippen LogP contribution in [0.15, 0.2) is 0 Å². The Hall–Kier alpha value is 3.09. The van der Waals surface area contributed by atoms with Crippen molar-refractivity contribution in [2.75, 3.05) is 59.5 Å². The van der Waals surface area contributed by atoms with Crippen LogP contribution in [0.5, 0.6) is 0 Å². The van der Waals surface area contributed by atoms with Crippen LogP contribution in [-0.2, 0) is 39.8 Å². The van der Waals surface area contributed by atoms with E-state index >= 15 is 0 Å². The molecule has 0 aliphatic heterocycles. The summed E-state index contributed by atoms with van der Waals surface area (Å²) >= 11 is 41.3. The summed E-state index contributed by atoms with van der Waals surface area (Å²) in [6.07, 6.45) is 7.81. The quantitative estimate of drug-likeness (QED) is 0.0228. The third-order valence-corrected chi connectivity index (χ3v) is 30.0. The molecular weight excluding hydrogens is 1010 g/mol. The second kappa shape index (κ2) is 34.5. The van der Waals surface area contributed by atoms with E-state index in [0.717, 1.165) is 44.9 Å². The molecule has 0 heterocycles. The average molecular weight is 1110 g/mol. The van der Waals surface area contributed by atoms with E-state index in [4.69, 9.17) is 141 Å². The van der Waals surface area contributed by atoms with E-state index in [-0.39, 0.29) is 76.4 Å². The van der Waals surface area contributed by atoms with Crippen molar-refractivity contribution in [3.05, 3.63) is 0 Å². The summed E-state index contributed by atoms with van der Waals surface area (Å²) in [5, 5.41) is -0.554. The van der Waals surface area contributed by atoms with Crippen LogP contribution in [0, 0.1) is 17.8 Å². The fourth-order valence-electron chi connectivity index (χ4n) is 10.0. The Bertz CT molecular complexity index is 1150. The van der Waals surface area contributed by atoms with Crippen molar-refractivity contribution in [3.63, 3.8) is 0 Å².